The van der Waals surface area contributed by atoms with Crippen molar-refractivity contribution in [2.75, 3.05) is 0 Å². The molecule has 4 aromatic carbocycles. The van der Waals surface area contributed by atoms with Crippen LogP contribution in [0.25, 0.3) is 0 Å². The number of aliphatic imine (C=N–C) groups is 1. The van der Waals surface area contributed by atoms with Crippen LogP contribution in [0.15, 0.2) is 135 Å². The zero-order valence-corrected chi connectivity index (χ0v) is 18.6. The lowest BCUT2D eigenvalue weighted by Crippen LogP contribution is -2.23. The molecule has 0 N–H and O–H groups in total. The van der Waals surface area contributed by atoms with E-state index < -0.39 is 0 Å². The molecule has 0 aliphatic carbocycles. The SMILES string of the molecule is c1ccc(SC2=Nc3ccccc3C2(Sc2ccccc2)Sc2ccccc2)cc1. The molecule has 0 atom stereocenters. The molecule has 1 nitrogen and oxygen atoms in total. The Morgan fingerprint density at radius 1 is 0.500 bits per heavy atom. The monoisotopic (exact) mass is 441 g/mol. The van der Waals surface area contributed by atoms with Gasteiger partial charge in [0.1, 0.15) is 9.12 Å². The van der Waals surface area contributed by atoms with E-state index in [-0.39, 0.29) is 4.08 Å². The predicted molar refractivity (Wildman–Crippen MR) is 132 cm³/mol. The van der Waals surface area contributed by atoms with Gasteiger partial charge in [0.25, 0.3) is 0 Å². The van der Waals surface area contributed by atoms with Crippen molar-refractivity contribution in [3.05, 3.63) is 121 Å². The number of benzene rings is 4. The Hall–Kier alpha value is -2.40. The third-order valence-electron chi connectivity index (χ3n) is 4.73. The summed E-state index contributed by atoms with van der Waals surface area (Å²) in [5, 5.41) is 1.11. The average Bonchev–Trinajstić information content (AvgIpc) is 3.08. The molecule has 5 rings (SSSR count). The molecule has 0 unspecified atom stereocenters. The highest BCUT2D eigenvalue weighted by Gasteiger charge is 2.46. The first-order valence-corrected chi connectivity index (χ1v) is 12.2. The van der Waals surface area contributed by atoms with E-state index >= 15 is 0 Å². The summed E-state index contributed by atoms with van der Waals surface area (Å²) in [4.78, 5) is 8.81. The normalized spacial score (nSPS) is 14.2. The molecule has 0 saturated heterocycles. The van der Waals surface area contributed by atoms with Gasteiger partial charge >= 0.3 is 0 Å². The summed E-state index contributed by atoms with van der Waals surface area (Å²) in [7, 11) is 0. The van der Waals surface area contributed by atoms with Crippen molar-refractivity contribution in [3.63, 3.8) is 0 Å². The van der Waals surface area contributed by atoms with Crippen molar-refractivity contribution >= 4 is 46.0 Å². The van der Waals surface area contributed by atoms with Gasteiger partial charge in [-0.2, -0.15) is 0 Å². The third kappa shape index (κ3) is 3.95. The minimum Gasteiger partial charge on any atom is -0.243 e. The number of para-hydroxylation sites is 1. The zero-order valence-electron chi connectivity index (χ0n) is 16.1. The van der Waals surface area contributed by atoms with Gasteiger partial charge in [0, 0.05) is 20.2 Å². The van der Waals surface area contributed by atoms with Crippen LogP contribution in [0.1, 0.15) is 5.56 Å². The van der Waals surface area contributed by atoms with Crippen molar-refractivity contribution in [1.82, 2.24) is 0 Å². The number of rotatable bonds is 5. The molecule has 146 valence electrons. The topological polar surface area (TPSA) is 12.4 Å². The molecule has 4 heteroatoms. The maximum atomic E-state index is 5.13. The molecule has 1 aliphatic heterocycles. The highest BCUT2D eigenvalue weighted by molar-refractivity contribution is 8.24. The van der Waals surface area contributed by atoms with Gasteiger partial charge in [-0.15, -0.1) is 0 Å². The van der Waals surface area contributed by atoms with Crippen LogP contribution in [-0.4, -0.2) is 5.04 Å². The number of nitrogens with zero attached hydrogens (tertiary/aromatic N) is 1. The summed E-state index contributed by atoms with van der Waals surface area (Å²) in [6.07, 6.45) is 0. The van der Waals surface area contributed by atoms with Gasteiger partial charge in [0.2, 0.25) is 0 Å². The minimum absolute atomic E-state index is 0.347. The Labute approximate surface area is 190 Å². The number of hydrogen-bond donors (Lipinski definition) is 0. The van der Waals surface area contributed by atoms with E-state index in [9.17, 15) is 0 Å². The van der Waals surface area contributed by atoms with Crippen LogP contribution < -0.4 is 0 Å². The van der Waals surface area contributed by atoms with Crippen LogP contribution in [0.4, 0.5) is 5.69 Å². The van der Waals surface area contributed by atoms with Crippen LogP contribution in [-0.2, 0) is 4.08 Å². The molecule has 0 aromatic heterocycles. The fourth-order valence-corrected chi connectivity index (χ4v) is 7.60. The second-order valence-corrected chi connectivity index (χ2v) is 10.7. The quantitative estimate of drug-likeness (QED) is 0.289. The van der Waals surface area contributed by atoms with Gasteiger partial charge < -0.3 is 0 Å². The largest absolute Gasteiger partial charge is 0.243 e. The van der Waals surface area contributed by atoms with Crippen LogP contribution in [0.5, 0.6) is 0 Å². The van der Waals surface area contributed by atoms with E-state index in [0.29, 0.717) is 0 Å². The van der Waals surface area contributed by atoms with Crippen molar-refractivity contribution in [2.24, 2.45) is 4.99 Å². The molecule has 0 fully saturated rings. The lowest BCUT2D eigenvalue weighted by Gasteiger charge is -2.31. The summed E-state index contributed by atoms with van der Waals surface area (Å²) >= 11 is 5.51. The molecule has 0 spiro atoms. The minimum atomic E-state index is -0.347. The van der Waals surface area contributed by atoms with Crippen LogP contribution in [0, 0.1) is 0 Å². The highest BCUT2D eigenvalue weighted by atomic mass is 32.2. The standard InChI is InChI=1S/C26H19NS3/c1-4-12-20(13-5-1)28-25-26(29-21-14-6-2-7-15-21,30-22-16-8-3-9-17-22)23-18-10-11-19-24(23)27-25/h1-19H. The molecule has 0 radical (unpaired) electrons. The van der Waals surface area contributed by atoms with Gasteiger partial charge in [-0.3, -0.25) is 0 Å². The van der Waals surface area contributed by atoms with Gasteiger partial charge in [-0.25, -0.2) is 4.99 Å². The smallest absolute Gasteiger partial charge is 0.146 e. The van der Waals surface area contributed by atoms with E-state index in [1.807, 2.05) is 23.5 Å². The number of thioether (sulfide) groups is 3. The van der Waals surface area contributed by atoms with Crippen molar-refractivity contribution in [3.8, 4) is 0 Å². The maximum absolute atomic E-state index is 5.13. The Morgan fingerprint density at radius 3 is 1.53 bits per heavy atom. The molecular formula is C26H19NS3. The lowest BCUT2D eigenvalue weighted by atomic mass is 10.1. The second-order valence-electron chi connectivity index (χ2n) is 6.80. The van der Waals surface area contributed by atoms with E-state index in [2.05, 4.69) is 115 Å². The lowest BCUT2D eigenvalue weighted by molar-refractivity contribution is 1.24. The Bertz CT molecular complexity index is 1120. The van der Waals surface area contributed by atoms with Crippen LogP contribution in [0.3, 0.4) is 0 Å². The Kier molecular flexibility index (Phi) is 5.71. The Morgan fingerprint density at radius 2 is 0.967 bits per heavy atom. The number of fused-ring (bicyclic) bond motifs is 1. The van der Waals surface area contributed by atoms with Gasteiger partial charge in [0.15, 0.2) is 0 Å². The van der Waals surface area contributed by atoms with E-state index in [4.69, 9.17) is 4.99 Å². The molecule has 4 aromatic rings. The van der Waals surface area contributed by atoms with Gasteiger partial charge in [0.05, 0.1) is 5.69 Å². The van der Waals surface area contributed by atoms with Gasteiger partial charge in [-0.05, 0) is 42.5 Å². The summed E-state index contributed by atoms with van der Waals surface area (Å²) in [6, 6.07) is 40.4. The molecule has 0 bridgehead atoms. The van der Waals surface area contributed by atoms with Crippen LogP contribution >= 0.6 is 35.3 Å². The first kappa shape index (κ1) is 19.6. The molecule has 0 saturated carbocycles. The summed E-state index contributed by atoms with van der Waals surface area (Å²) in [5.41, 5.74) is 2.31. The predicted octanol–water partition coefficient (Wildman–Crippen LogP) is 8.26. The zero-order chi connectivity index (χ0) is 20.2. The summed E-state index contributed by atoms with van der Waals surface area (Å²) in [6.45, 7) is 0. The molecular weight excluding hydrogens is 422 g/mol. The first-order chi connectivity index (χ1) is 14.8. The fraction of sp³-hybridized carbons (Fsp3) is 0.0385. The molecule has 1 heterocycles. The van der Waals surface area contributed by atoms with E-state index in [1.54, 1.807) is 11.8 Å². The van der Waals surface area contributed by atoms with Crippen molar-refractivity contribution < 1.29 is 0 Å². The Balaban J connectivity index is 1.65. The van der Waals surface area contributed by atoms with Crippen LogP contribution in [0.2, 0.25) is 0 Å². The fourth-order valence-electron chi connectivity index (χ4n) is 3.36. The average molecular weight is 442 g/mol. The molecule has 30 heavy (non-hydrogen) atoms. The first-order valence-electron chi connectivity index (χ1n) is 9.73. The highest BCUT2D eigenvalue weighted by Crippen LogP contribution is 2.61. The molecule has 1 aliphatic rings. The third-order valence-corrected chi connectivity index (χ3v) is 9.00. The van der Waals surface area contributed by atoms with Crippen molar-refractivity contribution in [1.29, 1.82) is 0 Å². The van der Waals surface area contributed by atoms with Crippen molar-refractivity contribution in [2.45, 2.75) is 18.8 Å². The maximum Gasteiger partial charge on any atom is 0.146 e. The van der Waals surface area contributed by atoms with Gasteiger partial charge in [-0.1, -0.05) is 108 Å². The molecule has 0 amide bonds. The van der Waals surface area contributed by atoms with E-state index in [1.165, 1.54) is 20.2 Å². The second kappa shape index (κ2) is 8.76. The summed E-state index contributed by atoms with van der Waals surface area (Å²) in [5.74, 6) is 0. The van der Waals surface area contributed by atoms with E-state index in [0.717, 1.165) is 10.7 Å². The number of hydrogen-bond acceptors (Lipinski definition) is 4. The summed E-state index contributed by atoms with van der Waals surface area (Å²) < 4.78 is -0.347.